The third-order valence-electron chi connectivity index (χ3n) is 2.79. The fourth-order valence-electron chi connectivity index (χ4n) is 2.12. The van der Waals surface area contributed by atoms with Gasteiger partial charge in [-0.15, -0.1) is 0 Å². The number of aryl methyl sites for hydroxylation is 1. The van der Waals surface area contributed by atoms with E-state index < -0.39 is 0 Å². The van der Waals surface area contributed by atoms with Crippen LogP contribution in [0.25, 0.3) is 5.82 Å². The average molecular weight is 220 g/mol. The van der Waals surface area contributed by atoms with Crippen LogP contribution < -0.4 is 0 Å². The highest BCUT2D eigenvalue weighted by molar-refractivity contribution is 6.29. The van der Waals surface area contributed by atoms with Crippen LogP contribution in [0, 0.1) is 0 Å². The van der Waals surface area contributed by atoms with Gasteiger partial charge in [-0.2, -0.15) is 0 Å². The molecule has 2 aromatic rings. The van der Waals surface area contributed by atoms with E-state index in [-0.39, 0.29) is 0 Å². The van der Waals surface area contributed by atoms with Crippen molar-refractivity contribution in [1.29, 1.82) is 0 Å². The fraction of sp³-hybridized carbons (Fsp3) is 0.273. The summed E-state index contributed by atoms with van der Waals surface area (Å²) in [6, 6.07) is 1.98. The lowest BCUT2D eigenvalue weighted by Gasteiger charge is -2.08. The highest BCUT2D eigenvalue weighted by Crippen LogP contribution is 2.28. The van der Waals surface area contributed by atoms with E-state index >= 15 is 0 Å². The molecule has 0 bridgehead atoms. The number of rotatable bonds is 1. The Labute approximate surface area is 92.7 Å². The smallest absolute Gasteiger partial charge is 0.143 e. The van der Waals surface area contributed by atoms with Crippen molar-refractivity contribution in [3.8, 4) is 5.82 Å². The minimum absolute atomic E-state index is 0.569. The Hall–Kier alpha value is -1.35. The normalized spacial score (nSPS) is 14.2. The summed E-state index contributed by atoms with van der Waals surface area (Å²) < 4.78 is 1.93. The number of aromatic nitrogens is 3. The lowest BCUT2D eigenvalue weighted by Crippen LogP contribution is -2.01. The van der Waals surface area contributed by atoms with Gasteiger partial charge in [0.25, 0.3) is 0 Å². The van der Waals surface area contributed by atoms with E-state index in [1.54, 1.807) is 12.5 Å². The molecule has 0 aromatic carbocycles. The lowest BCUT2D eigenvalue weighted by molar-refractivity contribution is 0.897. The summed E-state index contributed by atoms with van der Waals surface area (Å²) >= 11 is 6.00. The van der Waals surface area contributed by atoms with Gasteiger partial charge in [-0.1, -0.05) is 11.6 Å². The first-order valence-corrected chi connectivity index (χ1v) is 5.39. The van der Waals surface area contributed by atoms with E-state index in [0.29, 0.717) is 5.15 Å². The summed E-state index contributed by atoms with van der Waals surface area (Å²) in [5.41, 5.74) is 2.65. The third-order valence-corrected chi connectivity index (χ3v) is 2.98. The van der Waals surface area contributed by atoms with E-state index in [0.717, 1.165) is 18.7 Å². The van der Waals surface area contributed by atoms with Crippen LogP contribution in [0.1, 0.15) is 17.5 Å². The van der Waals surface area contributed by atoms with Crippen LogP contribution >= 0.6 is 11.6 Å². The van der Waals surface area contributed by atoms with E-state index in [2.05, 4.69) is 9.97 Å². The Morgan fingerprint density at radius 2 is 2.27 bits per heavy atom. The maximum atomic E-state index is 6.00. The molecule has 0 radical (unpaired) electrons. The maximum absolute atomic E-state index is 6.00. The number of fused-ring (bicyclic) bond motifs is 1. The largest absolute Gasteiger partial charge is 0.290 e. The average Bonchev–Trinajstić information content (AvgIpc) is 2.86. The van der Waals surface area contributed by atoms with Crippen LogP contribution in [-0.4, -0.2) is 14.5 Å². The predicted molar refractivity (Wildman–Crippen MR) is 58.4 cm³/mol. The van der Waals surface area contributed by atoms with E-state index in [9.17, 15) is 0 Å². The molecule has 0 saturated heterocycles. The quantitative estimate of drug-likeness (QED) is 0.690. The summed E-state index contributed by atoms with van der Waals surface area (Å²) in [7, 11) is 0. The van der Waals surface area contributed by atoms with Gasteiger partial charge < -0.3 is 0 Å². The molecular weight excluding hydrogens is 210 g/mol. The van der Waals surface area contributed by atoms with Crippen LogP contribution in [-0.2, 0) is 12.8 Å². The van der Waals surface area contributed by atoms with Crippen molar-refractivity contribution in [3.63, 3.8) is 0 Å². The zero-order chi connectivity index (χ0) is 10.3. The van der Waals surface area contributed by atoms with Crippen molar-refractivity contribution in [1.82, 2.24) is 14.5 Å². The first-order chi connectivity index (χ1) is 7.34. The van der Waals surface area contributed by atoms with Gasteiger partial charge in [0.05, 0.1) is 0 Å². The van der Waals surface area contributed by atoms with Gasteiger partial charge in [0, 0.05) is 12.4 Å². The van der Waals surface area contributed by atoms with Gasteiger partial charge in [-0.3, -0.25) is 4.57 Å². The molecule has 0 amide bonds. The SMILES string of the molecule is Clc1cc2c(c(-n3ccnc3)n1)CCC2. The Bertz CT molecular complexity index is 491. The summed E-state index contributed by atoms with van der Waals surface area (Å²) in [6.07, 6.45) is 8.81. The predicted octanol–water partition coefficient (Wildman–Crippen LogP) is 2.41. The Balaban J connectivity index is 2.23. The Morgan fingerprint density at radius 3 is 3.07 bits per heavy atom. The summed E-state index contributed by atoms with van der Waals surface area (Å²) in [5.74, 6) is 0.938. The van der Waals surface area contributed by atoms with Crippen LogP contribution in [0.2, 0.25) is 5.15 Å². The number of nitrogens with zero attached hydrogens (tertiary/aromatic N) is 3. The molecule has 4 heteroatoms. The molecule has 1 aliphatic rings. The molecule has 2 heterocycles. The summed E-state index contributed by atoms with van der Waals surface area (Å²) in [6.45, 7) is 0. The molecule has 1 aliphatic carbocycles. The standard InChI is InChI=1S/C11H10ClN3/c12-10-6-8-2-1-3-9(8)11(14-10)15-5-4-13-7-15/h4-7H,1-3H2. The molecule has 3 nitrogen and oxygen atoms in total. The minimum atomic E-state index is 0.569. The van der Waals surface area contributed by atoms with Gasteiger partial charge in [0.2, 0.25) is 0 Å². The molecule has 0 spiro atoms. The minimum Gasteiger partial charge on any atom is -0.290 e. The second kappa shape index (κ2) is 3.35. The second-order valence-corrected chi connectivity index (χ2v) is 4.12. The van der Waals surface area contributed by atoms with Crippen LogP contribution in [0.3, 0.4) is 0 Å². The van der Waals surface area contributed by atoms with Crippen molar-refractivity contribution in [2.75, 3.05) is 0 Å². The van der Waals surface area contributed by atoms with Crippen molar-refractivity contribution < 1.29 is 0 Å². The molecular formula is C11H10ClN3. The molecule has 0 fully saturated rings. The van der Waals surface area contributed by atoms with Gasteiger partial charge in [-0.05, 0) is 36.5 Å². The molecule has 0 N–H and O–H groups in total. The van der Waals surface area contributed by atoms with Gasteiger partial charge >= 0.3 is 0 Å². The van der Waals surface area contributed by atoms with E-state index in [1.165, 1.54) is 17.5 Å². The number of imidazole rings is 1. The fourth-order valence-corrected chi connectivity index (χ4v) is 2.34. The Morgan fingerprint density at radius 1 is 1.33 bits per heavy atom. The molecule has 0 unspecified atom stereocenters. The highest BCUT2D eigenvalue weighted by Gasteiger charge is 2.17. The van der Waals surface area contributed by atoms with Crippen molar-refractivity contribution >= 4 is 11.6 Å². The molecule has 0 aliphatic heterocycles. The van der Waals surface area contributed by atoms with E-state index in [1.807, 2.05) is 16.8 Å². The van der Waals surface area contributed by atoms with Crippen molar-refractivity contribution in [2.24, 2.45) is 0 Å². The lowest BCUT2D eigenvalue weighted by atomic mass is 10.2. The molecule has 0 atom stereocenters. The first-order valence-electron chi connectivity index (χ1n) is 5.01. The van der Waals surface area contributed by atoms with Crippen molar-refractivity contribution in [3.05, 3.63) is 41.1 Å². The van der Waals surface area contributed by atoms with Gasteiger partial charge in [0.1, 0.15) is 17.3 Å². The van der Waals surface area contributed by atoms with Crippen LogP contribution in [0.5, 0.6) is 0 Å². The second-order valence-electron chi connectivity index (χ2n) is 3.73. The van der Waals surface area contributed by atoms with Crippen molar-refractivity contribution in [2.45, 2.75) is 19.3 Å². The third kappa shape index (κ3) is 1.43. The number of hydrogen-bond donors (Lipinski definition) is 0. The maximum Gasteiger partial charge on any atom is 0.143 e. The molecule has 76 valence electrons. The number of halogens is 1. The highest BCUT2D eigenvalue weighted by atomic mass is 35.5. The first kappa shape index (κ1) is 8.92. The molecule has 0 saturated carbocycles. The monoisotopic (exact) mass is 219 g/mol. The Kier molecular flexibility index (Phi) is 1.99. The summed E-state index contributed by atoms with van der Waals surface area (Å²) in [5, 5.41) is 0.569. The van der Waals surface area contributed by atoms with Gasteiger partial charge in [0.15, 0.2) is 0 Å². The molecule has 15 heavy (non-hydrogen) atoms. The zero-order valence-electron chi connectivity index (χ0n) is 8.15. The van der Waals surface area contributed by atoms with Crippen LogP contribution in [0.4, 0.5) is 0 Å². The molecule has 2 aromatic heterocycles. The van der Waals surface area contributed by atoms with Crippen LogP contribution in [0.15, 0.2) is 24.8 Å². The zero-order valence-corrected chi connectivity index (χ0v) is 8.91. The molecule has 3 rings (SSSR count). The topological polar surface area (TPSA) is 30.7 Å². The summed E-state index contributed by atoms with van der Waals surface area (Å²) in [4.78, 5) is 8.41. The van der Waals surface area contributed by atoms with Gasteiger partial charge in [-0.25, -0.2) is 9.97 Å². The van der Waals surface area contributed by atoms with E-state index in [4.69, 9.17) is 11.6 Å². The number of hydrogen-bond acceptors (Lipinski definition) is 2. The number of pyridine rings is 1.